The van der Waals surface area contributed by atoms with Crippen molar-refractivity contribution in [2.75, 3.05) is 5.73 Å². The Balaban J connectivity index is 2.16. The fourth-order valence-electron chi connectivity index (χ4n) is 2.25. The number of hydrogen-bond acceptors (Lipinski definition) is 4. The molecule has 0 saturated heterocycles. The minimum absolute atomic E-state index is 0.0115. The van der Waals surface area contributed by atoms with Gasteiger partial charge in [0.25, 0.3) is 0 Å². The summed E-state index contributed by atoms with van der Waals surface area (Å²) in [4.78, 5) is 16.2. The minimum Gasteiger partial charge on any atom is -0.383 e. The molecule has 5 heteroatoms. The van der Waals surface area contributed by atoms with Gasteiger partial charge in [-0.1, -0.05) is 11.6 Å². The molecule has 92 valence electrons. The number of aromatic nitrogens is 1. The first-order chi connectivity index (χ1) is 8.08. The first-order valence-electron chi connectivity index (χ1n) is 5.78. The number of nitrogens with two attached hydrogens (primary N) is 2. The number of pyridine rings is 1. The van der Waals surface area contributed by atoms with Gasteiger partial charge in [0.05, 0.1) is 10.6 Å². The summed E-state index contributed by atoms with van der Waals surface area (Å²) in [5.41, 5.74) is 12.0. The van der Waals surface area contributed by atoms with E-state index in [-0.39, 0.29) is 23.6 Å². The van der Waals surface area contributed by atoms with Crippen molar-refractivity contribution < 1.29 is 4.79 Å². The second kappa shape index (κ2) is 5.02. The van der Waals surface area contributed by atoms with E-state index in [0.717, 1.165) is 25.7 Å². The largest absolute Gasteiger partial charge is 0.383 e. The van der Waals surface area contributed by atoms with E-state index in [2.05, 4.69) is 4.98 Å². The van der Waals surface area contributed by atoms with Gasteiger partial charge in [0, 0.05) is 18.2 Å². The minimum atomic E-state index is 0.0115. The maximum Gasteiger partial charge on any atom is 0.169 e. The Labute approximate surface area is 105 Å². The lowest BCUT2D eigenvalue weighted by Gasteiger charge is -2.25. The summed E-state index contributed by atoms with van der Waals surface area (Å²) in [6.45, 7) is 0. The van der Waals surface area contributed by atoms with E-state index in [1.54, 1.807) is 6.07 Å². The zero-order chi connectivity index (χ0) is 12.4. The third-order valence-electron chi connectivity index (χ3n) is 3.29. The fraction of sp³-hybridized carbons (Fsp3) is 0.500. The van der Waals surface area contributed by atoms with Crippen molar-refractivity contribution in [3.05, 3.63) is 22.8 Å². The van der Waals surface area contributed by atoms with E-state index >= 15 is 0 Å². The first kappa shape index (κ1) is 12.3. The highest BCUT2D eigenvalue weighted by atomic mass is 35.5. The molecule has 1 heterocycles. The van der Waals surface area contributed by atoms with Gasteiger partial charge in [0.15, 0.2) is 5.78 Å². The molecule has 4 nitrogen and oxygen atoms in total. The van der Waals surface area contributed by atoms with E-state index in [1.807, 2.05) is 0 Å². The number of rotatable bonds is 2. The van der Waals surface area contributed by atoms with Crippen molar-refractivity contribution in [1.82, 2.24) is 4.98 Å². The predicted octanol–water partition coefficient (Wildman–Crippen LogP) is 2.02. The molecule has 0 unspecified atom stereocenters. The van der Waals surface area contributed by atoms with Gasteiger partial charge in [0.2, 0.25) is 0 Å². The quantitative estimate of drug-likeness (QED) is 0.790. The zero-order valence-electron chi connectivity index (χ0n) is 9.53. The van der Waals surface area contributed by atoms with Crippen molar-refractivity contribution in [3.63, 3.8) is 0 Å². The molecule has 0 spiro atoms. The summed E-state index contributed by atoms with van der Waals surface area (Å²) in [7, 11) is 0. The van der Waals surface area contributed by atoms with Crippen LogP contribution in [-0.4, -0.2) is 16.8 Å². The number of anilines is 1. The molecule has 0 amide bonds. The summed E-state index contributed by atoms with van der Waals surface area (Å²) in [6.07, 6.45) is 4.89. The fourth-order valence-corrected chi connectivity index (χ4v) is 2.41. The van der Waals surface area contributed by atoms with E-state index in [9.17, 15) is 4.79 Å². The van der Waals surface area contributed by atoms with Crippen LogP contribution >= 0.6 is 11.6 Å². The van der Waals surface area contributed by atoms with E-state index < -0.39 is 0 Å². The summed E-state index contributed by atoms with van der Waals surface area (Å²) in [5.74, 6) is 0.316. The molecule has 17 heavy (non-hydrogen) atoms. The smallest absolute Gasteiger partial charge is 0.169 e. The van der Waals surface area contributed by atoms with E-state index in [0.29, 0.717) is 10.6 Å². The standard InChI is InChI=1S/C12H16ClN3O/c13-8-5-10(12(15)16-6-8)11(17)7-1-3-9(14)4-2-7/h5-7,9H,1-4,14H2,(H2,15,16). The summed E-state index contributed by atoms with van der Waals surface area (Å²) < 4.78 is 0. The van der Waals surface area contributed by atoms with Gasteiger partial charge in [0.1, 0.15) is 5.82 Å². The molecule has 1 aliphatic rings. The van der Waals surface area contributed by atoms with Crippen LogP contribution in [-0.2, 0) is 0 Å². The van der Waals surface area contributed by atoms with Gasteiger partial charge >= 0.3 is 0 Å². The Bertz CT molecular complexity index is 428. The second-order valence-electron chi connectivity index (χ2n) is 4.56. The lowest BCUT2D eigenvalue weighted by atomic mass is 9.82. The highest BCUT2D eigenvalue weighted by molar-refractivity contribution is 6.31. The van der Waals surface area contributed by atoms with Crippen LogP contribution in [0.3, 0.4) is 0 Å². The zero-order valence-corrected chi connectivity index (χ0v) is 10.3. The Hall–Kier alpha value is -1.13. The summed E-state index contributed by atoms with van der Waals surface area (Å²) in [5, 5.41) is 0.440. The maximum absolute atomic E-state index is 12.3. The topological polar surface area (TPSA) is 82.0 Å². The van der Waals surface area contributed by atoms with Gasteiger partial charge in [-0.05, 0) is 31.7 Å². The molecule has 0 aliphatic heterocycles. The highest BCUT2D eigenvalue weighted by Gasteiger charge is 2.26. The monoisotopic (exact) mass is 253 g/mol. The SMILES string of the molecule is Nc1ncc(Cl)cc1C(=O)C1CCC(N)CC1. The average Bonchev–Trinajstić information content (AvgIpc) is 2.32. The molecule has 4 N–H and O–H groups in total. The number of halogens is 1. The van der Waals surface area contributed by atoms with Crippen LogP contribution in [0, 0.1) is 5.92 Å². The van der Waals surface area contributed by atoms with Gasteiger partial charge in [-0.3, -0.25) is 4.79 Å². The number of nitrogen functional groups attached to an aromatic ring is 1. The Morgan fingerprint density at radius 1 is 1.35 bits per heavy atom. The predicted molar refractivity (Wildman–Crippen MR) is 67.9 cm³/mol. The molecule has 2 rings (SSSR count). The third kappa shape index (κ3) is 2.76. The van der Waals surface area contributed by atoms with Crippen molar-refractivity contribution in [2.45, 2.75) is 31.7 Å². The summed E-state index contributed by atoms with van der Waals surface area (Å²) >= 11 is 5.83. The molecule has 1 aromatic rings. The lowest BCUT2D eigenvalue weighted by molar-refractivity contribution is 0.0885. The van der Waals surface area contributed by atoms with Gasteiger partial charge in [-0.2, -0.15) is 0 Å². The number of carbonyl (C=O) groups is 1. The summed E-state index contributed by atoms with van der Waals surface area (Å²) in [6, 6.07) is 1.83. The maximum atomic E-state index is 12.3. The molecular formula is C12H16ClN3O. The van der Waals surface area contributed by atoms with E-state index in [1.165, 1.54) is 6.20 Å². The van der Waals surface area contributed by atoms with Crippen LogP contribution in [0.25, 0.3) is 0 Å². The van der Waals surface area contributed by atoms with Crippen molar-refractivity contribution in [2.24, 2.45) is 11.7 Å². The van der Waals surface area contributed by atoms with E-state index in [4.69, 9.17) is 23.1 Å². The second-order valence-corrected chi connectivity index (χ2v) is 5.00. The molecule has 0 atom stereocenters. The molecule has 1 aliphatic carbocycles. The molecule has 0 aromatic carbocycles. The Morgan fingerprint density at radius 2 is 2.00 bits per heavy atom. The Kier molecular flexibility index (Phi) is 3.64. The van der Waals surface area contributed by atoms with Crippen LogP contribution in [0.15, 0.2) is 12.3 Å². The number of Topliss-reactive ketones (excluding diaryl/α,β-unsaturated/α-hetero) is 1. The van der Waals surface area contributed by atoms with Crippen LogP contribution in [0.2, 0.25) is 5.02 Å². The van der Waals surface area contributed by atoms with Crippen LogP contribution in [0.5, 0.6) is 0 Å². The lowest BCUT2D eigenvalue weighted by Crippen LogP contribution is -2.30. The molecular weight excluding hydrogens is 238 g/mol. The number of hydrogen-bond donors (Lipinski definition) is 2. The first-order valence-corrected chi connectivity index (χ1v) is 6.16. The van der Waals surface area contributed by atoms with Crippen molar-refractivity contribution in [3.8, 4) is 0 Å². The molecule has 0 bridgehead atoms. The van der Waals surface area contributed by atoms with Gasteiger partial charge < -0.3 is 11.5 Å². The van der Waals surface area contributed by atoms with Crippen LogP contribution < -0.4 is 11.5 Å². The average molecular weight is 254 g/mol. The normalized spacial score (nSPS) is 24.6. The van der Waals surface area contributed by atoms with Crippen molar-refractivity contribution in [1.29, 1.82) is 0 Å². The van der Waals surface area contributed by atoms with Crippen molar-refractivity contribution >= 4 is 23.2 Å². The van der Waals surface area contributed by atoms with Gasteiger partial charge in [-0.15, -0.1) is 0 Å². The van der Waals surface area contributed by atoms with Crippen LogP contribution in [0.4, 0.5) is 5.82 Å². The molecule has 0 radical (unpaired) electrons. The molecule has 1 fully saturated rings. The number of ketones is 1. The number of carbonyl (C=O) groups excluding carboxylic acids is 1. The number of nitrogens with zero attached hydrogens (tertiary/aromatic N) is 1. The molecule has 1 saturated carbocycles. The van der Waals surface area contributed by atoms with Gasteiger partial charge in [-0.25, -0.2) is 4.98 Å². The Morgan fingerprint density at radius 3 is 2.65 bits per heavy atom. The van der Waals surface area contributed by atoms with Crippen LogP contribution in [0.1, 0.15) is 36.0 Å². The highest BCUT2D eigenvalue weighted by Crippen LogP contribution is 2.28. The molecule has 1 aromatic heterocycles. The third-order valence-corrected chi connectivity index (χ3v) is 3.50.